The molecule has 1 rings (SSSR count). The monoisotopic (exact) mass is 415 g/mol. The zero-order valence-corrected chi connectivity index (χ0v) is 19.4. The van der Waals surface area contributed by atoms with Crippen LogP contribution in [0, 0.1) is 0 Å². The molecule has 1 unspecified atom stereocenters. The number of unbranched alkanes of at least 4 members (excludes halogenated alkanes) is 7. The molecule has 0 aromatic heterocycles. The summed E-state index contributed by atoms with van der Waals surface area (Å²) >= 11 is 0. The highest BCUT2D eigenvalue weighted by atomic mass is 28.3. The molecule has 1 atom stereocenters. The maximum Gasteiger partial charge on any atom is 0.354 e. The van der Waals surface area contributed by atoms with E-state index in [0.29, 0.717) is 13.2 Å². The van der Waals surface area contributed by atoms with Gasteiger partial charge in [0.05, 0.1) is 0 Å². The number of hydrogen-bond donors (Lipinski definition) is 0. The maximum atomic E-state index is 12.0. The van der Waals surface area contributed by atoms with Gasteiger partial charge in [-0.05, 0) is 19.3 Å². The molecular formula is C21H41NO5Si. The number of nitrogens with zero attached hydrogens (tertiary/aromatic N) is 1. The van der Waals surface area contributed by atoms with Crippen molar-refractivity contribution in [1.29, 1.82) is 0 Å². The van der Waals surface area contributed by atoms with E-state index in [9.17, 15) is 9.59 Å². The molecule has 0 aromatic rings. The summed E-state index contributed by atoms with van der Waals surface area (Å²) in [4.78, 5) is 29.9. The van der Waals surface area contributed by atoms with Crippen molar-refractivity contribution in [3.63, 3.8) is 0 Å². The van der Waals surface area contributed by atoms with Crippen molar-refractivity contribution in [3.8, 4) is 0 Å². The second-order valence-electron chi connectivity index (χ2n) is 7.60. The summed E-state index contributed by atoms with van der Waals surface area (Å²) in [5.41, 5.74) is -0.302. The Kier molecular flexibility index (Phi) is 14.5. The van der Waals surface area contributed by atoms with Gasteiger partial charge in [-0.2, -0.15) is 5.06 Å². The molecule has 28 heavy (non-hydrogen) atoms. The lowest BCUT2D eigenvalue weighted by Gasteiger charge is -2.28. The summed E-state index contributed by atoms with van der Waals surface area (Å²) in [5.74, 6) is -0.491. The fourth-order valence-electron chi connectivity index (χ4n) is 3.26. The molecule has 0 radical (unpaired) electrons. The lowest BCUT2D eigenvalue weighted by molar-refractivity contribution is -0.196. The van der Waals surface area contributed by atoms with Crippen LogP contribution in [0.3, 0.4) is 0 Å². The summed E-state index contributed by atoms with van der Waals surface area (Å²) in [5, 5.41) is 0.972. The summed E-state index contributed by atoms with van der Waals surface area (Å²) < 4.78 is 12.0. The largest absolute Gasteiger partial charge is 0.395 e. The number of carbonyl (C=O) groups excluding carboxylic acids is 2. The van der Waals surface area contributed by atoms with Crippen LogP contribution in [0.2, 0.25) is 0 Å². The Hall–Kier alpha value is -0.763. The first-order valence-electron chi connectivity index (χ1n) is 11.4. The van der Waals surface area contributed by atoms with Gasteiger partial charge < -0.3 is 8.85 Å². The SMILES string of the molecule is CCCCCCCCCCC(ON1C(=O)CCC1=O)[SiH](OCCC)OCCC. The Bertz CT molecular complexity index is 411. The van der Waals surface area contributed by atoms with Crippen molar-refractivity contribution in [2.75, 3.05) is 13.2 Å². The van der Waals surface area contributed by atoms with Crippen LogP contribution in [-0.2, 0) is 23.3 Å². The average molecular weight is 416 g/mol. The fraction of sp³-hybridized carbons (Fsp3) is 0.905. The lowest BCUT2D eigenvalue weighted by Crippen LogP contribution is -2.45. The van der Waals surface area contributed by atoms with Crippen LogP contribution in [0.4, 0.5) is 0 Å². The minimum absolute atomic E-state index is 0.237. The third-order valence-electron chi connectivity index (χ3n) is 4.86. The third-order valence-corrected chi connectivity index (χ3v) is 7.06. The molecule has 1 saturated heterocycles. The summed E-state index contributed by atoms with van der Waals surface area (Å²) in [6.07, 6.45) is 12.9. The number of imide groups is 1. The Morgan fingerprint density at radius 2 is 1.29 bits per heavy atom. The number of carbonyl (C=O) groups is 2. The van der Waals surface area contributed by atoms with Crippen LogP contribution in [-0.4, -0.2) is 45.1 Å². The van der Waals surface area contributed by atoms with Crippen molar-refractivity contribution < 1.29 is 23.3 Å². The van der Waals surface area contributed by atoms with Gasteiger partial charge in [-0.15, -0.1) is 0 Å². The maximum absolute atomic E-state index is 12.0. The minimum atomic E-state index is -2.14. The van der Waals surface area contributed by atoms with Crippen LogP contribution in [0.1, 0.15) is 104 Å². The second-order valence-corrected chi connectivity index (χ2v) is 9.75. The van der Waals surface area contributed by atoms with E-state index in [1.54, 1.807) is 0 Å². The molecular weight excluding hydrogens is 374 g/mol. The highest BCUT2D eigenvalue weighted by Gasteiger charge is 2.37. The third kappa shape index (κ3) is 10.1. The molecule has 1 heterocycles. The Morgan fingerprint density at radius 1 is 0.786 bits per heavy atom. The van der Waals surface area contributed by atoms with Crippen molar-refractivity contribution in [2.45, 2.75) is 110 Å². The van der Waals surface area contributed by atoms with Crippen LogP contribution >= 0.6 is 0 Å². The van der Waals surface area contributed by atoms with E-state index >= 15 is 0 Å². The molecule has 164 valence electrons. The molecule has 0 N–H and O–H groups in total. The number of hydrogen-bond acceptors (Lipinski definition) is 5. The van der Waals surface area contributed by atoms with E-state index in [0.717, 1.165) is 37.2 Å². The topological polar surface area (TPSA) is 65.1 Å². The van der Waals surface area contributed by atoms with Crippen LogP contribution in [0.15, 0.2) is 0 Å². The number of amides is 2. The molecule has 7 heteroatoms. The molecule has 1 aliphatic heterocycles. The molecule has 0 aromatic carbocycles. The molecule has 2 amide bonds. The minimum Gasteiger partial charge on any atom is -0.395 e. The van der Waals surface area contributed by atoms with Crippen molar-refractivity contribution in [2.24, 2.45) is 0 Å². The molecule has 0 spiro atoms. The first kappa shape index (κ1) is 25.3. The van der Waals surface area contributed by atoms with Gasteiger partial charge >= 0.3 is 9.28 Å². The first-order chi connectivity index (χ1) is 13.6. The standard InChI is InChI=1S/C21H41NO5Si/c1-4-7-8-9-10-11-12-13-14-21(27-22-19(23)15-16-20(22)24)28(25-17-5-2)26-18-6-3/h21,28H,4-18H2,1-3H3. The quantitative estimate of drug-likeness (QED) is 0.186. The van der Waals surface area contributed by atoms with E-state index in [1.807, 2.05) is 0 Å². The Balaban J connectivity index is 2.54. The highest BCUT2D eigenvalue weighted by Crippen LogP contribution is 2.20. The van der Waals surface area contributed by atoms with E-state index in [1.165, 1.54) is 38.5 Å². The van der Waals surface area contributed by atoms with Gasteiger partial charge in [0.1, 0.15) is 5.73 Å². The Labute approximate surface area is 173 Å². The smallest absolute Gasteiger partial charge is 0.354 e. The van der Waals surface area contributed by atoms with Gasteiger partial charge in [-0.25, -0.2) is 0 Å². The summed E-state index contributed by atoms with van der Waals surface area (Å²) in [7, 11) is -2.14. The molecule has 6 nitrogen and oxygen atoms in total. The predicted octanol–water partition coefficient (Wildman–Crippen LogP) is 4.58. The van der Waals surface area contributed by atoms with Crippen molar-refractivity contribution >= 4 is 21.1 Å². The summed E-state index contributed by atoms with van der Waals surface area (Å²) in [6.45, 7) is 7.61. The highest BCUT2D eigenvalue weighted by molar-refractivity contribution is 6.46. The van der Waals surface area contributed by atoms with E-state index in [4.69, 9.17) is 13.7 Å². The van der Waals surface area contributed by atoms with Gasteiger partial charge in [0, 0.05) is 26.1 Å². The lowest BCUT2D eigenvalue weighted by atomic mass is 10.1. The zero-order chi connectivity index (χ0) is 20.6. The van der Waals surface area contributed by atoms with E-state index < -0.39 is 9.28 Å². The molecule has 1 aliphatic rings. The van der Waals surface area contributed by atoms with Crippen LogP contribution in [0.5, 0.6) is 0 Å². The van der Waals surface area contributed by atoms with Gasteiger partial charge in [0.15, 0.2) is 0 Å². The predicted molar refractivity (Wildman–Crippen MR) is 113 cm³/mol. The van der Waals surface area contributed by atoms with Crippen molar-refractivity contribution in [1.82, 2.24) is 5.06 Å². The van der Waals surface area contributed by atoms with E-state index in [-0.39, 0.29) is 30.4 Å². The number of rotatable bonds is 18. The average Bonchev–Trinajstić information content (AvgIpc) is 3.01. The van der Waals surface area contributed by atoms with Gasteiger partial charge in [-0.3, -0.25) is 14.4 Å². The second kappa shape index (κ2) is 16.1. The van der Waals surface area contributed by atoms with Gasteiger partial charge in [0.2, 0.25) is 0 Å². The molecule has 0 saturated carbocycles. The molecule has 1 fully saturated rings. The van der Waals surface area contributed by atoms with Crippen LogP contribution in [0.25, 0.3) is 0 Å². The van der Waals surface area contributed by atoms with Gasteiger partial charge in [0.25, 0.3) is 11.8 Å². The normalized spacial score (nSPS) is 15.8. The number of hydroxylamine groups is 2. The zero-order valence-electron chi connectivity index (χ0n) is 18.2. The first-order valence-corrected chi connectivity index (χ1v) is 13.0. The van der Waals surface area contributed by atoms with Gasteiger partial charge in [-0.1, -0.05) is 72.1 Å². The van der Waals surface area contributed by atoms with E-state index in [2.05, 4.69) is 20.8 Å². The molecule has 0 bridgehead atoms. The van der Waals surface area contributed by atoms with Crippen molar-refractivity contribution in [3.05, 3.63) is 0 Å². The summed E-state index contributed by atoms with van der Waals surface area (Å²) in [6, 6.07) is 0. The Morgan fingerprint density at radius 3 is 1.79 bits per heavy atom. The molecule has 0 aliphatic carbocycles. The fourth-order valence-corrected chi connectivity index (χ4v) is 5.45. The van der Waals surface area contributed by atoms with Crippen LogP contribution < -0.4 is 0 Å².